The summed E-state index contributed by atoms with van der Waals surface area (Å²) in [6, 6.07) is 16.4. The van der Waals surface area contributed by atoms with Crippen LogP contribution in [0.25, 0.3) is 11.3 Å². The van der Waals surface area contributed by atoms with E-state index in [-0.39, 0.29) is 22.8 Å². The van der Waals surface area contributed by atoms with E-state index >= 15 is 0 Å². The van der Waals surface area contributed by atoms with Crippen molar-refractivity contribution in [3.05, 3.63) is 76.5 Å². The van der Waals surface area contributed by atoms with Gasteiger partial charge < -0.3 is 9.15 Å². The lowest BCUT2D eigenvalue weighted by Crippen LogP contribution is -1.93. The number of aldehydes is 1. The number of rotatable bonds is 5. The molecule has 0 N–H and O–H groups in total. The van der Waals surface area contributed by atoms with Gasteiger partial charge in [0.05, 0.1) is 16.6 Å². The second-order valence-corrected chi connectivity index (χ2v) is 4.67. The van der Waals surface area contributed by atoms with Crippen LogP contribution in [0.1, 0.15) is 10.6 Å². The molecule has 0 bridgehead atoms. The second-order valence-electron chi connectivity index (χ2n) is 4.67. The van der Waals surface area contributed by atoms with Crippen LogP contribution in [-0.2, 0) is 0 Å². The van der Waals surface area contributed by atoms with E-state index in [1.807, 2.05) is 18.2 Å². The number of hydrogen-bond donors (Lipinski definition) is 0. The smallest absolute Gasteiger partial charge is 0.284 e. The largest absolute Gasteiger partial charge is 0.457 e. The fraction of sp³-hybridized carbons (Fsp3) is 0. The van der Waals surface area contributed by atoms with E-state index in [1.54, 1.807) is 18.2 Å². The van der Waals surface area contributed by atoms with Crippen LogP contribution in [0.4, 0.5) is 5.69 Å². The van der Waals surface area contributed by atoms with Crippen molar-refractivity contribution >= 4 is 12.0 Å². The molecule has 0 amide bonds. The highest BCUT2D eigenvalue weighted by Crippen LogP contribution is 2.35. The molecule has 3 rings (SSSR count). The van der Waals surface area contributed by atoms with E-state index in [2.05, 4.69) is 0 Å². The van der Waals surface area contributed by atoms with E-state index in [0.29, 0.717) is 17.8 Å². The molecule has 0 atom stereocenters. The van der Waals surface area contributed by atoms with Crippen molar-refractivity contribution in [2.24, 2.45) is 0 Å². The number of hydrogen-bond acceptors (Lipinski definition) is 5. The van der Waals surface area contributed by atoms with Crippen molar-refractivity contribution in [1.82, 2.24) is 0 Å². The Morgan fingerprint density at radius 1 is 1.00 bits per heavy atom. The maximum Gasteiger partial charge on any atom is 0.284 e. The number of ether oxygens (including phenoxy) is 1. The molecular weight excluding hydrogens is 298 g/mol. The van der Waals surface area contributed by atoms with Crippen LogP contribution in [-0.4, -0.2) is 11.2 Å². The molecule has 114 valence electrons. The standard InChI is InChI=1S/C17H11NO5/c19-11-14-7-9-17(23-14)15-8-6-13(10-16(15)18(20)21)22-12-4-2-1-3-5-12/h1-11H. The van der Waals surface area contributed by atoms with Gasteiger partial charge in [0.2, 0.25) is 0 Å². The van der Waals surface area contributed by atoms with Gasteiger partial charge in [-0.05, 0) is 36.4 Å². The van der Waals surface area contributed by atoms with E-state index in [1.165, 1.54) is 24.3 Å². The summed E-state index contributed by atoms with van der Waals surface area (Å²) in [5.74, 6) is 1.29. The molecule has 3 aromatic rings. The summed E-state index contributed by atoms with van der Waals surface area (Å²) in [5.41, 5.74) is 0.119. The number of furan rings is 1. The molecule has 0 aliphatic rings. The maximum absolute atomic E-state index is 11.3. The Kier molecular flexibility index (Phi) is 3.88. The highest BCUT2D eigenvalue weighted by Gasteiger charge is 2.19. The number of benzene rings is 2. The molecule has 6 nitrogen and oxygen atoms in total. The third kappa shape index (κ3) is 3.11. The number of para-hydroxylation sites is 1. The van der Waals surface area contributed by atoms with Gasteiger partial charge in [0.15, 0.2) is 12.0 Å². The van der Waals surface area contributed by atoms with Gasteiger partial charge in [0.25, 0.3) is 5.69 Å². The molecular formula is C17H11NO5. The van der Waals surface area contributed by atoms with Crippen molar-refractivity contribution in [1.29, 1.82) is 0 Å². The van der Waals surface area contributed by atoms with E-state index in [0.717, 1.165) is 0 Å². The first-order chi connectivity index (χ1) is 11.2. The van der Waals surface area contributed by atoms with Crippen molar-refractivity contribution in [3.63, 3.8) is 0 Å². The molecule has 2 aromatic carbocycles. The lowest BCUT2D eigenvalue weighted by Gasteiger charge is -2.07. The number of nitro groups is 1. The predicted octanol–water partition coefficient (Wildman–Crippen LogP) is 4.46. The Morgan fingerprint density at radius 2 is 1.78 bits per heavy atom. The van der Waals surface area contributed by atoms with Crippen LogP contribution in [0.3, 0.4) is 0 Å². The van der Waals surface area contributed by atoms with Gasteiger partial charge in [-0.3, -0.25) is 14.9 Å². The number of nitrogens with zero attached hydrogens (tertiary/aromatic N) is 1. The van der Waals surface area contributed by atoms with Crippen molar-refractivity contribution in [2.45, 2.75) is 0 Å². The molecule has 0 saturated heterocycles. The fourth-order valence-electron chi connectivity index (χ4n) is 2.12. The predicted molar refractivity (Wildman–Crippen MR) is 82.7 cm³/mol. The Bertz CT molecular complexity index is 854. The SMILES string of the molecule is O=Cc1ccc(-c2ccc(Oc3ccccc3)cc2[N+](=O)[O-])o1. The van der Waals surface area contributed by atoms with Crippen LogP contribution < -0.4 is 4.74 Å². The molecule has 23 heavy (non-hydrogen) atoms. The second kappa shape index (κ2) is 6.15. The highest BCUT2D eigenvalue weighted by atomic mass is 16.6. The van der Waals surface area contributed by atoms with E-state index in [9.17, 15) is 14.9 Å². The third-order valence-corrected chi connectivity index (χ3v) is 3.15. The summed E-state index contributed by atoms with van der Waals surface area (Å²) >= 11 is 0. The van der Waals surface area contributed by atoms with Crippen molar-refractivity contribution in [3.8, 4) is 22.8 Å². The van der Waals surface area contributed by atoms with Gasteiger partial charge >= 0.3 is 0 Å². The van der Waals surface area contributed by atoms with Crippen molar-refractivity contribution < 1.29 is 18.9 Å². The van der Waals surface area contributed by atoms with Gasteiger partial charge in [-0.15, -0.1) is 0 Å². The molecule has 0 radical (unpaired) electrons. The lowest BCUT2D eigenvalue weighted by atomic mass is 10.1. The summed E-state index contributed by atoms with van der Waals surface area (Å²) in [6.45, 7) is 0. The Balaban J connectivity index is 1.98. The Morgan fingerprint density at radius 3 is 2.43 bits per heavy atom. The van der Waals surface area contributed by atoms with Gasteiger partial charge in [0.1, 0.15) is 17.3 Å². The molecule has 0 aliphatic heterocycles. The summed E-state index contributed by atoms with van der Waals surface area (Å²) in [4.78, 5) is 21.5. The minimum absolute atomic E-state index is 0.110. The number of carbonyl (C=O) groups is 1. The van der Waals surface area contributed by atoms with Crippen LogP contribution in [0.5, 0.6) is 11.5 Å². The summed E-state index contributed by atoms with van der Waals surface area (Å²) < 4.78 is 10.8. The zero-order chi connectivity index (χ0) is 16.2. The molecule has 1 aromatic heterocycles. The van der Waals surface area contributed by atoms with Crippen LogP contribution in [0.15, 0.2) is 65.1 Å². The monoisotopic (exact) mass is 309 g/mol. The summed E-state index contributed by atoms with van der Waals surface area (Å²) in [5, 5.41) is 11.3. The van der Waals surface area contributed by atoms with Gasteiger partial charge in [0, 0.05) is 0 Å². The van der Waals surface area contributed by atoms with E-state index < -0.39 is 4.92 Å². The Labute approximate surface area is 131 Å². The molecule has 0 fully saturated rings. The van der Waals surface area contributed by atoms with Crippen LogP contribution >= 0.6 is 0 Å². The zero-order valence-electron chi connectivity index (χ0n) is 11.8. The van der Waals surface area contributed by atoms with Gasteiger partial charge in [-0.1, -0.05) is 18.2 Å². The van der Waals surface area contributed by atoms with Gasteiger partial charge in [-0.2, -0.15) is 0 Å². The molecule has 0 saturated carbocycles. The first-order valence-corrected chi connectivity index (χ1v) is 6.74. The third-order valence-electron chi connectivity index (χ3n) is 3.15. The van der Waals surface area contributed by atoms with Crippen molar-refractivity contribution in [2.75, 3.05) is 0 Å². The molecule has 0 unspecified atom stereocenters. The zero-order valence-corrected chi connectivity index (χ0v) is 11.8. The normalized spacial score (nSPS) is 10.3. The highest BCUT2D eigenvalue weighted by molar-refractivity contribution is 5.76. The average Bonchev–Trinajstić information content (AvgIpc) is 3.04. The number of carbonyl (C=O) groups excluding carboxylic acids is 1. The number of nitro benzene ring substituents is 1. The molecule has 1 heterocycles. The molecule has 6 heteroatoms. The van der Waals surface area contributed by atoms with Crippen LogP contribution in [0.2, 0.25) is 0 Å². The first kappa shape index (κ1) is 14.5. The topological polar surface area (TPSA) is 82.6 Å². The molecule has 0 spiro atoms. The minimum Gasteiger partial charge on any atom is -0.457 e. The van der Waals surface area contributed by atoms with Crippen LogP contribution in [0, 0.1) is 10.1 Å². The van der Waals surface area contributed by atoms with E-state index in [4.69, 9.17) is 9.15 Å². The quantitative estimate of drug-likeness (QED) is 0.395. The summed E-state index contributed by atoms with van der Waals surface area (Å²) in [6.07, 6.45) is 0.544. The maximum atomic E-state index is 11.3. The first-order valence-electron chi connectivity index (χ1n) is 6.74. The fourth-order valence-corrected chi connectivity index (χ4v) is 2.12. The average molecular weight is 309 g/mol. The van der Waals surface area contributed by atoms with Gasteiger partial charge in [-0.25, -0.2) is 0 Å². The lowest BCUT2D eigenvalue weighted by molar-refractivity contribution is -0.384. The molecule has 0 aliphatic carbocycles. The minimum atomic E-state index is -0.518. The Hall–Kier alpha value is -3.41. The summed E-state index contributed by atoms with van der Waals surface area (Å²) in [7, 11) is 0.